The van der Waals surface area contributed by atoms with Crippen LogP contribution in [0.25, 0.3) is 10.7 Å². The van der Waals surface area contributed by atoms with Crippen molar-refractivity contribution >= 4 is 17.3 Å². The molecule has 102 valence electrons. The Hall–Kier alpha value is -1.96. The van der Waals surface area contributed by atoms with Crippen LogP contribution in [0.4, 0.5) is 0 Å². The number of carbonyl (C=O) groups is 1. The molecule has 0 saturated heterocycles. The van der Waals surface area contributed by atoms with Crippen molar-refractivity contribution < 1.29 is 14.6 Å². The van der Waals surface area contributed by atoms with Gasteiger partial charge in [-0.3, -0.25) is 4.79 Å². The summed E-state index contributed by atoms with van der Waals surface area (Å²) in [5, 5.41) is 22.4. The summed E-state index contributed by atoms with van der Waals surface area (Å²) in [6, 6.07) is 1.49. The van der Waals surface area contributed by atoms with Crippen LogP contribution in [-0.2, 0) is 4.79 Å². The Morgan fingerprint density at radius 1 is 1.53 bits per heavy atom. The summed E-state index contributed by atoms with van der Waals surface area (Å²) in [5.41, 5.74) is 0. The predicted octanol–water partition coefficient (Wildman–Crippen LogP) is 1.69. The molecule has 0 saturated carbocycles. The van der Waals surface area contributed by atoms with Crippen LogP contribution < -0.4 is 4.74 Å². The second kappa shape index (κ2) is 5.35. The fourth-order valence-electron chi connectivity index (χ4n) is 1.59. The molecular weight excluding hydrogens is 268 g/mol. The van der Waals surface area contributed by atoms with Crippen molar-refractivity contribution in [2.45, 2.75) is 19.9 Å². The summed E-state index contributed by atoms with van der Waals surface area (Å²) in [5.74, 6) is -0.177. The van der Waals surface area contributed by atoms with Crippen LogP contribution in [0.15, 0.2) is 11.4 Å². The lowest BCUT2D eigenvalue weighted by molar-refractivity contribution is -0.142. The van der Waals surface area contributed by atoms with Gasteiger partial charge in [-0.1, -0.05) is 0 Å². The Morgan fingerprint density at radius 2 is 2.26 bits per heavy atom. The number of carboxylic acids is 1. The second-order valence-corrected chi connectivity index (χ2v) is 5.08. The van der Waals surface area contributed by atoms with E-state index in [0.717, 1.165) is 10.6 Å². The van der Waals surface area contributed by atoms with Crippen LogP contribution in [0.1, 0.15) is 19.9 Å². The number of ether oxygens (including phenoxy) is 1. The van der Waals surface area contributed by atoms with Gasteiger partial charge >= 0.3 is 5.97 Å². The Balaban J connectivity index is 2.34. The first-order valence-corrected chi connectivity index (χ1v) is 6.56. The standard InChI is InChI=1S/C11H14N4O3S/c1-6(11(16)17)7(2)15-10(12-13-14-15)9-4-8(18-3)5-19-9/h4-7H,1-3H3,(H,16,17). The Bertz CT molecular complexity index is 580. The molecule has 0 aliphatic heterocycles. The molecule has 0 bridgehead atoms. The molecule has 0 amide bonds. The molecule has 8 heteroatoms. The minimum absolute atomic E-state index is 0.337. The molecule has 0 fully saturated rings. The van der Waals surface area contributed by atoms with Crippen molar-refractivity contribution in [3.05, 3.63) is 11.4 Å². The molecule has 2 heterocycles. The molecule has 19 heavy (non-hydrogen) atoms. The second-order valence-electron chi connectivity index (χ2n) is 4.17. The zero-order valence-electron chi connectivity index (χ0n) is 10.8. The van der Waals surface area contributed by atoms with E-state index < -0.39 is 11.9 Å². The van der Waals surface area contributed by atoms with Gasteiger partial charge in [0, 0.05) is 11.4 Å². The highest BCUT2D eigenvalue weighted by molar-refractivity contribution is 7.13. The van der Waals surface area contributed by atoms with E-state index in [9.17, 15) is 4.79 Å². The van der Waals surface area contributed by atoms with Crippen molar-refractivity contribution in [3.8, 4) is 16.5 Å². The molecule has 2 unspecified atom stereocenters. The SMILES string of the molecule is COc1csc(-c2nnnn2C(C)C(C)C(=O)O)c1. The smallest absolute Gasteiger partial charge is 0.308 e. The molecule has 2 rings (SSSR count). The lowest BCUT2D eigenvalue weighted by Crippen LogP contribution is -2.23. The van der Waals surface area contributed by atoms with E-state index in [4.69, 9.17) is 9.84 Å². The molecule has 1 N–H and O–H groups in total. The normalized spacial score (nSPS) is 14.1. The van der Waals surface area contributed by atoms with E-state index in [1.165, 1.54) is 16.0 Å². The predicted molar refractivity (Wildman–Crippen MR) is 69.2 cm³/mol. The Morgan fingerprint density at radius 3 is 2.84 bits per heavy atom. The molecule has 2 aromatic rings. The highest BCUT2D eigenvalue weighted by Gasteiger charge is 2.25. The third kappa shape index (κ3) is 2.58. The number of aliphatic carboxylic acids is 1. The summed E-state index contributed by atoms with van der Waals surface area (Å²) >= 11 is 1.45. The number of nitrogens with zero attached hydrogens (tertiary/aromatic N) is 4. The lowest BCUT2D eigenvalue weighted by Gasteiger charge is -2.16. The monoisotopic (exact) mass is 282 g/mol. The van der Waals surface area contributed by atoms with E-state index in [1.807, 2.05) is 11.4 Å². The van der Waals surface area contributed by atoms with Crippen molar-refractivity contribution in [1.82, 2.24) is 20.2 Å². The van der Waals surface area contributed by atoms with Gasteiger partial charge in [-0.25, -0.2) is 4.68 Å². The number of methoxy groups -OCH3 is 1. The summed E-state index contributed by atoms with van der Waals surface area (Å²) in [6.07, 6.45) is 0. The number of hydrogen-bond acceptors (Lipinski definition) is 6. The average molecular weight is 282 g/mol. The maximum absolute atomic E-state index is 11.0. The molecule has 2 aromatic heterocycles. The molecule has 0 aliphatic rings. The van der Waals surface area contributed by atoms with Gasteiger partial charge in [0.05, 0.1) is 23.9 Å². The molecule has 0 aromatic carbocycles. The van der Waals surface area contributed by atoms with Crippen molar-refractivity contribution in [2.75, 3.05) is 7.11 Å². The average Bonchev–Trinajstić information content (AvgIpc) is 3.04. The molecule has 7 nitrogen and oxygen atoms in total. The first-order valence-electron chi connectivity index (χ1n) is 5.68. The minimum Gasteiger partial charge on any atom is -0.496 e. The van der Waals surface area contributed by atoms with E-state index in [-0.39, 0.29) is 6.04 Å². The summed E-state index contributed by atoms with van der Waals surface area (Å²) in [7, 11) is 1.59. The number of aromatic nitrogens is 4. The highest BCUT2D eigenvalue weighted by atomic mass is 32.1. The zero-order chi connectivity index (χ0) is 14.0. The van der Waals surface area contributed by atoms with Gasteiger partial charge in [0.25, 0.3) is 0 Å². The Labute approximate surface area is 113 Å². The minimum atomic E-state index is -0.877. The van der Waals surface area contributed by atoms with Crippen molar-refractivity contribution in [2.24, 2.45) is 5.92 Å². The van der Waals surface area contributed by atoms with Crippen LogP contribution in [0.5, 0.6) is 5.75 Å². The molecule has 0 radical (unpaired) electrons. The van der Waals surface area contributed by atoms with Crippen LogP contribution in [0.2, 0.25) is 0 Å². The quantitative estimate of drug-likeness (QED) is 0.897. The number of rotatable bonds is 5. The van der Waals surface area contributed by atoms with Gasteiger partial charge in [-0.15, -0.1) is 16.4 Å². The van der Waals surface area contributed by atoms with Gasteiger partial charge in [0.2, 0.25) is 0 Å². The van der Waals surface area contributed by atoms with Crippen LogP contribution in [-0.4, -0.2) is 38.4 Å². The van der Waals surface area contributed by atoms with Gasteiger partial charge in [-0.05, 0) is 24.3 Å². The largest absolute Gasteiger partial charge is 0.496 e. The molecule has 2 atom stereocenters. The summed E-state index contributed by atoms with van der Waals surface area (Å²) in [4.78, 5) is 11.9. The van der Waals surface area contributed by atoms with E-state index in [2.05, 4.69) is 15.5 Å². The fourth-order valence-corrected chi connectivity index (χ4v) is 2.42. The van der Waals surface area contributed by atoms with Gasteiger partial charge in [0.1, 0.15) is 5.75 Å². The van der Waals surface area contributed by atoms with Gasteiger partial charge in [0.15, 0.2) is 5.82 Å². The van der Waals surface area contributed by atoms with E-state index in [1.54, 1.807) is 21.0 Å². The first kappa shape index (κ1) is 13.5. The molecule has 0 spiro atoms. The molecular formula is C11H14N4O3S. The van der Waals surface area contributed by atoms with Gasteiger partial charge in [-0.2, -0.15) is 0 Å². The van der Waals surface area contributed by atoms with E-state index in [0.29, 0.717) is 5.82 Å². The third-order valence-electron chi connectivity index (χ3n) is 3.02. The first-order chi connectivity index (χ1) is 9.04. The van der Waals surface area contributed by atoms with Crippen LogP contribution in [0.3, 0.4) is 0 Å². The highest BCUT2D eigenvalue weighted by Crippen LogP contribution is 2.31. The molecule has 0 aliphatic carbocycles. The maximum atomic E-state index is 11.0. The van der Waals surface area contributed by atoms with E-state index >= 15 is 0 Å². The van der Waals surface area contributed by atoms with Crippen LogP contribution in [0, 0.1) is 5.92 Å². The third-order valence-corrected chi connectivity index (χ3v) is 3.93. The zero-order valence-corrected chi connectivity index (χ0v) is 11.6. The maximum Gasteiger partial charge on any atom is 0.308 e. The summed E-state index contributed by atoms with van der Waals surface area (Å²) < 4.78 is 6.65. The summed E-state index contributed by atoms with van der Waals surface area (Å²) in [6.45, 7) is 3.41. The van der Waals surface area contributed by atoms with Crippen molar-refractivity contribution in [1.29, 1.82) is 0 Å². The Kier molecular flexibility index (Phi) is 3.79. The van der Waals surface area contributed by atoms with Crippen molar-refractivity contribution in [3.63, 3.8) is 0 Å². The topological polar surface area (TPSA) is 90.1 Å². The lowest BCUT2D eigenvalue weighted by atomic mass is 10.0. The van der Waals surface area contributed by atoms with Crippen LogP contribution >= 0.6 is 11.3 Å². The number of tetrazole rings is 1. The number of thiophene rings is 1. The fraction of sp³-hybridized carbons (Fsp3) is 0.455. The number of hydrogen-bond donors (Lipinski definition) is 1. The number of carboxylic acid groups (broad SMARTS) is 1. The van der Waals surface area contributed by atoms with Gasteiger partial charge < -0.3 is 9.84 Å².